The van der Waals surface area contributed by atoms with Gasteiger partial charge in [-0.15, -0.1) is 0 Å². The molecule has 1 saturated heterocycles. The summed E-state index contributed by atoms with van der Waals surface area (Å²) in [5.74, 6) is 0.104. The summed E-state index contributed by atoms with van der Waals surface area (Å²) in [6.07, 6.45) is 36.2. The molecule has 10 heteroatoms. The van der Waals surface area contributed by atoms with Gasteiger partial charge in [0, 0.05) is 39.3 Å². The molecule has 1 aliphatic rings. The molecule has 64 heavy (non-hydrogen) atoms. The fourth-order valence-corrected chi connectivity index (χ4v) is 9.06. The van der Waals surface area contributed by atoms with Crippen molar-refractivity contribution in [3.63, 3.8) is 0 Å². The van der Waals surface area contributed by atoms with Gasteiger partial charge >= 0.3 is 12.1 Å². The summed E-state index contributed by atoms with van der Waals surface area (Å²) in [6.45, 7) is 18.3. The number of piperazine rings is 1. The molecule has 0 aromatic rings. The minimum atomic E-state index is -0.490. The highest BCUT2D eigenvalue weighted by Gasteiger charge is 2.22. The molecular weight excluding hydrogens is 803 g/mol. The van der Waals surface area contributed by atoms with Gasteiger partial charge in [0.2, 0.25) is 0 Å². The minimum absolute atomic E-state index is 0.0253. The summed E-state index contributed by atoms with van der Waals surface area (Å²) >= 11 is 0. The van der Waals surface area contributed by atoms with E-state index in [2.05, 4.69) is 49.4 Å². The fraction of sp³-hybridized carbons (Fsp3) is 0.963. The standard InChI is InChI=1S/C54H107N3O7/c1-6-10-14-18-20-27-35-50(34-26-16-12-8-3)53(59)62-45-32-24-22-30-38-56(48-52(61-47-44-58)49-57-42-40-55(5)41-43-57)39-31-23-25-33-46-63-54(60)64-51(36-28-17-13-9-4)37-29-21-19-15-11-7-2/h50-52,58H,6-49H2,1-5H3. The molecule has 0 aromatic carbocycles. The predicted octanol–water partition coefficient (Wildman–Crippen LogP) is 13.2. The SMILES string of the molecule is CCCCCCCCC(CCCCCC)OC(=O)OCCCCCCN(CCCCCCOC(=O)C(CCCCCC)CCCCCCCC)CC(CN1CCN(C)CC1)OCCO. The zero-order valence-corrected chi connectivity index (χ0v) is 43.1. The zero-order chi connectivity index (χ0) is 46.6. The van der Waals surface area contributed by atoms with Crippen molar-refractivity contribution in [2.75, 3.05) is 85.8 Å². The van der Waals surface area contributed by atoms with Crippen molar-refractivity contribution in [3.05, 3.63) is 0 Å². The Balaban J connectivity index is 2.59. The largest absolute Gasteiger partial charge is 0.508 e. The first-order valence-corrected chi connectivity index (χ1v) is 27.7. The molecule has 10 nitrogen and oxygen atoms in total. The second-order valence-corrected chi connectivity index (χ2v) is 19.5. The van der Waals surface area contributed by atoms with Crippen LogP contribution < -0.4 is 0 Å². The van der Waals surface area contributed by atoms with Crippen molar-refractivity contribution < 1.29 is 33.6 Å². The Bertz CT molecular complexity index is 1010. The van der Waals surface area contributed by atoms with Crippen LogP contribution in [0.5, 0.6) is 0 Å². The lowest BCUT2D eigenvalue weighted by Crippen LogP contribution is -2.49. The van der Waals surface area contributed by atoms with Crippen LogP contribution in [0.15, 0.2) is 0 Å². The average Bonchev–Trinajstić information content (AvgIpc) is 3.29. The van der Waals surface area contributed by atoms with Crippen LogP contribution in [-0.4, -0.2) is 130 Å². The highest BCUT2D eigenvalue weighted by molar-refractivity contribution is 5.72. The van der Waals surface area contributed by atoms with Gasteiger partial charge in [0.05, 0.1) is 38.4 Å². The second-order valence-electron chi connectivity index (χ2n) is 19.5. The Labute approximate surface area is 396 Å². The van der Waals surface area contributed by atoms with E-state index in [1.165, 1.54) is 103 Å². The number of carbonyl (C=O) groups is 2. The zero-order valence-electron chi connectivity index (χ0n) is 43.1. The molecule has 0 bridgehead atoms. The van der Waals surface area contributed by atoms with Gasteiger partial charge in [0.25, 0.3) is 0 Å². The van der Waals surface area contributed by atoms with Crippen molar-refractivity contribution in [1.29, 1.82) is 0 Å². The summed E-state index contributed by atoms with van der Waals surface area (Å²) in [5.41, 5.74) is 0. The summed E-state index contributed by atoms with van der Waals surface area (Å²) in [6, 6.07) is 0. The van der Waals surface area contributed by atoms with E-state index in [9.17, 15) is 14.7 Å². The van der Waals surface area contributed by atoms with E-state index in [0.717, 1.165) is 155 Å². The Morgan fingerprint density at radius 1 is 0.516 bits per heavy atom. The number of aliphatic hydroxyl groups is 1. The van der Waals surface area contributed by atoms with Crippen molar-refractivity contribution in [1.82, 2.24) is 14.7 Å². The molecule has 1 fully saturated rings. The van der Waals surface area contributed by atoms with Crippen LogP contribution in [-0.2, 0) is 23.7 Å². The van der Waals surface area contributed by atoms with Crippen molar-refractivity contribution >= 4 is 12.1 Å². The normalized spacial score (nSPS) is 15.1. The fourth-order valence-electron chi connectivity index (χ4n) is 9.06. The third-order valence-electron chi connectivity index (χ3n) is 13.3. The van der Waals surface area contributed by atoms with Crippen LogP contribution in [0.25, 0.3) is 0 Å². The van der Waals surface area contributed by atoms with Crippen LogP contribution in [0.2, 0.25) is 0 Å². The van der Waals surface area contributed by atoms with Gasteiger partial charge in [0.1, 0.15) is 6.10 Å². The lowest BCUT2D eigenvalue weighted by atomic mass is 9.94. The van der Waals surface area contributed by atoms with Gasteiger partial charge in [-0.25, -0.2) is 4.79 Å². The maximum Gasteiger partial charge on any atom is 0.508 e. The van der Waals surface area contributed by atoms with E-state index in [0.29, 0.717) is 19.8 Å². The molecule has 380 valence electrons. The molecule has 1 N–H and O–H groups in total. The number of unbranched alkanes of at least 4 members (excludes halogenated alkanes) is 22. The van der Waals surface area contributed by atoms with Gasteiger partial charge in [-0.2, -0.15) is 0 Å². The molecular formula is C54H107N3O7. The van der Waals surface area contributed by atoms with E-state index < -0.39 is 6.16 Å². The first-order chi connectivity index (χ1) is 31.4. The van der Waals surface area contributed by atoms with E-state index in [4.69, 9.17) is 18.9 Å². The molecule has 0 radical (unpaired) electrons. The summed E-state index contributed by atoms with van der Waals surface area (Å²) in [7, 11) is 2.19. The smallest absolute Gasteiger partial charge is 0.465 e. The van der Waals surface area contributed by atoms with E-state index >= 15 is 0 Å². The molecule has 0 amide bonds. The third kappa shape index (κ3) is 36.6. The highest BCUT2D eigenvalue weighted by atomic mass is 16.7. The lowest BCUT2D eigenvalue weighted by molar-refractivity contribution is -0.149. The first kappa shape index (κ1) is 60.6. The van der Waals surface area contributed by atoms with E-state index in [1.807, 2.05) is 0 Å². The van der Waals surface area contributed by atoms with Gasteiger partial charge < -0.3 is 33.9 Å². The van der Waals surface area contributed by atoms with Crippen molar-refractivity contribution in [2.24, 2.45) is 5.92 Å². The van der Waals surface area contributed by atoms with Crippen LogP contribution in [0.4, 0.5) is 4.79 Å². The number of nitrogens with zero attached hydrogens (tertiary/aromatic N) is 3. The van der Waals surface area contributed by atoms with E-state index in [-0.39, 0.29) is 30.7 Å². The predicted molar refractivity (Wildman–Crippen MR) is 268 cm³/mol. The molecule has 1 heterocycles. The first-order valence-electron chi connectivity index (χ1n) is 27.7. The highest BCUT2D eigenvalue weighted by Crippen LogP contribution is 2.21. The minimum Gasteiger partial charge on any atom is -0.465 e. The number of ether oxygens (including phenoxy) is 4. The molecule has 3 atom stereocenters. The van der Waals surface area contributed by atoms with Gasteiger partial charge in [-0.05, 0) is 84.3 Å². The van der Waals surface area contributed by atoms with Gasteiger partial charge in [0.15, 0.2) is 0 Å². The number of aliphatic hydroxyl groups excluding tert-OH is 1. The molecule has 0 aliphatic carbocycles. The Morgan fingerprint density at radius 2 is 0.953 bits per heavy atom. The third-order valence-corrected chi connectivity index (χ3v) is 13.3. The van der Waals surface area contributed by atoms with Gasteiger partial charge in [-0.3, -0.25) is 9.69 Å². The number of hydrogen-bond acceptors (Lipinski definition) is 10. The maximum absolute atomic E-state index is 13.2. The number of carbonyl (C=O) groups excluding carboxylic acids is 2. The Kier molecular flexibility index (Phi) is 42.9. The molecule has 3 unspecified atom stereocenters. The molecule has 1 aliphatic heterocycles. The average molecular weight is 910 g/mol. The van der Waals surface area contributed by atoms with E-state index in [1.54, 1.807) is 0 Å². The molecule has 1 rings (SSSR count). The topological polar surface area (TPSA) is 101 Å². The molecule has 0 spiro atoms. The quantitative estimate of drug-likeness (QED) is 0.0469. The Hall–Kier alpha value is -1.46. The summed E-state index contributed by atoms with van der Waals surface area (Å²) in [5, 5.41) is 9.64. The second kappa shape index (κ2) is 45.3. The number of likely N-dealkylation sites (N-methyl/N-ethyl adjacent to an activating group) is 1. The summed E-state index contributed by atoms with van der Waals surface area (Å²) < 4.78 is 23.6. The number of hydrogen-bond donors (Lipinski definition) is 1. The summed E-state index contributed by atoms with van der Waals surface area (Å²) in [4.78, 5) is 33.3. The van der Waals surface area contributed by atoms with Crippen LogP contribution in [0, 0.1) is 5.92 Å². The van der Waals surface area contributed by atoms with Crippen molar-refractivity contribution in [2.45, 2.75) is 245 Å². The van der Waals surface area contributed by atoms with Crippen LogP contribution in [0.1, 0.15) is 233 Å². The van der Waals surface area contributed by atoms with Crippen molar-refractivity contribution in [3.8, 4) is 0 Å². The molecule has 0 saturated carbocycles. The molecule has 0 aromatic heterocycles. The lowest BCUT2D eigenvalue weighted by Gasteiger charge is -2.36. The Morgan fingerprint density at radius 3 is 1.47 bits per heavy atom. The number of rotatable bonds is 47. The van der Waals surface area contributed by atoms with Crippen LogP contribution >= 0.6 is 0 Å². The monoisotopic (exact) mass is 910 g/mol. The number of esters is 1. The van der Waals surface area contributed by atoms with Crippen LogP contribution in [0.3, 0.4) is 0 Å². The van der Waals surface area contributed by atoms with Gasteiger partial charge in [-0.1, -0.05) is 169 Å². The maximum atomic E-state index is 13.2.